The van der Waals surface area contributed by atoms with E-state index in [-0.39, 0.29) is 5.56 Å². The number of H-pyrrole nitrogens is 1. The summed E-state index contributed by atoms with van der Waals surface area (Å²) >= 11 is 5.92. The first-order chi connectivity index (χ1) is 10.1. The van der Waals surface area contributed by atoms with Gasteiger partial charge in [-0.3, -0.25) is 14.7 Å². The van der Waals surface area contributed by atoms with Gasteiger partial charge in [0.25, 0.3) is 11.5 Å². The lowest BCUT2D eigenvalue weighted by Crippen LogP contribution is -2.25. The van der Waals surface area contributed by atoms with E-state index in [9.17, 15) is 9.59 Å². The molecule has 5 nitrogen and oxygen atoms in total. The average Bonchev–Trinajstić information content (AvgIpc) is 2.84. The summed E-state index contributed by atoms with van der Waals surface area (Å²) in [5, 5.41) is 3.63. The molecular formula is C15H11ClN2O3. The van der Waals surface area contributed by atoms with Gasteiger partial charge in [0.15, 0.2) is 0 Å². The van der Waals surface area contributed by atoms with Crippen LogP contribution in [0.2, 0.25) is 5.02 Å². The average molecular weight is 303 g/mol. The lowest BCUT2D eigenvalue weighted by atomic mass is 10.2. The second kappa shape index (κ2) is 5.10. The van der Waals surface area contributed by atoms with Crippen LogP contribution in [0.3, 0.4) is 0 Å². The normalized spacial score (nSPS) is 10.8. The summed E-state index contributed by atoms with van der Waals surface area (Å²) in [6.45, 7) is 0. The number of benzene rings is 2. The lowest BCUT2D eigenvalue weighted by molar-refractivity contribution is 0.0939. The highest BCUT2D eigenvalue weighted by atomic mass is 35.5. The summed E-state index contributed by atoms with van der Waals surface area (Å²) in [4.78, 5) is 24.8. The maximum Gasteiger partial charge on any atom is 0.283 e. The molecule has 106 valence electrons. The first-order valence-corrected chi connectivity index (χ1v) is 6.57. The van der Waals surface area contributed by atoms with E-state index in [1.54, 1.807) is 36.4 Å². The van der Waals surface area contributed by atoms with Crippen LogP contribution >= 0.6 is 11.6 Å². The molecule has 0 saturated heterocycles. The van der Waals surface area contributed by atoms with Gasteiger partial charge in [-0.05, 0) is 30.3 Å². The van der Waals surface area contributed by atoms with Gasteiger partial charge in [-0.2, -0.15) is 4.68 Å². The summed E-state index contributed by atoms with van der Waals surface area (Å²) in [6.07, 6.45) is 0. The van der Waals surface area contributed by atoms with Crippen LogP contribution < -0.4 is 10.3 Å². The summed E-state index contributed by atoms with van der Waals surface area (Å²) < 4.78 is 6.11. The minimum Gasteiger partial charge on any atom is -0.496 e. The maximum absolute atomic E-state index is 12.6. The molecule has 21 heavy (non-hydrogen) atoms. The first kappa shape index (κ1) is 13.5. The molecule has 3 aromatic rings. The van der Waals surface area contributed by atoms with E-state index in [0.29, 0.717) is 21.7 Å². The van der Waals surface area contributed by atoms with Gasteiger partial charge in [-0.15, -0.1) is 0 Å². The van der Waals surface area contributed by atoms with Gasteiger partial charge < -0.3 is 4.74 Å². The first-order valence-electron chi connectivity index (χ1n) is 6.20. The number of rotatable bonds is 2. The van der Waals surface area contributed by atoms with E-state index in [1.807, 2.05) is 0 Å². The monoisotopic (exact) mass is 302 g/mol. The minimum atomic E-state index is -0.518. The summed E-state index contributed by atoms with van der Waals surface area (Å²) in [5.74, 6) is -0.162. The third-order valence-electron chi connectivity index (χ3n) is 3.19. The minimum absolute atomic E-state index is 0.221. The summed E-state index contributed by atoms with van der Waals surface area (Å²) in [5.41, 5.74) is 0.410. The fourth-order valence-electron chi connectivity index (χ4n) is 2.17. The zero-order chi connectivity index (χ0) is 15.0. The fraction of sp³-hybridized carbons (Fsp3) is 0.0667. The van der Waals surface area contributed by atoms with Crippen molar-refractivity contribution < 1.29 is 9.53 Å². The van der Waals surface area contributed by atoms with Crippen LogP contribution in [0.25, 0.3) is 10.9 Å². The summed E-state index contributed by atoms with van der Waals surface area (Å²) in [6, 6.07) is 11.6. The Bertz CT molecular complexity index is 895. The number of aromatic amines is 1. The van der Waals surface area contributed by atoms with E-state index < -0.39 is 11.5 Å². The third kappa shape index (κ3) is 2.21. The topological polar surface area (TPSA) is 64.1 Å². The SMILES string of the molecule is COc1ccc(Cl)cc1C(=O)n1[nH]c2ccccc2c1=O. The van der Waals surface area contributed by atoms with Gasteiger partial charge >= 0.3 is 0 Å². The number of carbonyl (C=O) groups is 1. The maximum atomic E-state index is 12.6. The molecule has 1 heterocycles. The standard InChI is InChI=1S/C15H11ClN2O3/c1-21-13-7-6-9(16)8-11(13)15(20)18-14(19)10-4-2-3-5-12(10)17-18/h2-8,17H,1H3. The van der Waals surface area contributed by atoms with Crippen LogP contribution in [0, 0.1) is 0 Å². The number of nitrogens with one attached hydrogen (secondary N) is 1. The summed E-state index contributed by atoms with van der Waals surface area (Å²) in [7, 11) is 1.45. The number of nitrogens with zero attached hydrogens (tertiary/aromatic N) is 1. The molecule has 2 aromatic carbocycles. The van der Waals surface area contributed by atoms with Crippen LogP contribution in [-0.4, -0.2) is 22.8 Å². The van der Waals surface area contributed by atoms with E-state index >= 15 is 0 Å². The van der Waals surface area contributed by atoms with Gasteiger partial charge in [-0.25, -0.2) is 0 Å². The Kier molecular flexibility index (Phi) is 3.27. The van der Waals surface area contributed by atoms with Crippen molar-refractivity contribution in [3.05, 3.63) is 63.4 Å². The molecule has 1 aromatic heterocycles. The largest absolute Gasteiger partial charge is 0.496 e. The Labute approximate surface area is 124 Å². The van der Waals surface area contributed by atoms with E-state index in [4.69, 9.17) is 16.3 Å². The molecule has 0 aliphatic heterocycles. The molecular weight excluding hydrogens is 292 g/mol. The molecule has 0 atom stereocenters. The second-order valence-corrected chi connectivity index (χ2v) is 4.88. The highest BCUT2D eigenvalue weighted by Gasteiger charge is 2.18. The number of carbonyl (C=O) groups excluding carboxylic acids is 1. The lowest BCUT2D eigenvalue weighted by Gasteiger charge is -2.07. The van der Waals surface area contributed by atoms with Crippen molar-refractivity contribution in [1.82, 2.24) is 9.78 Å². The zero-order valence-electron chi connectivity index (χ0n) is 11.1. The van der Waals surface area contributed by atoms with Crippen molar-refractivity contribution in [2.75, 3.05) is 7.11 Å². The van der Waals surface area contributed by atoms with Gasteiger partial charge in [0, 0.05) is 5.02 Å². The number of para-hydroxylation sites is 1. The van der Waals surface area contributed by atoms with Crippen LogP contribution in [0.15, 0.2) is 47.3 Å². The molecule has 0 aliphatic rings. The molecule has 1 N–H and O–H groups in total. The molecule has 6 heteroatoms. The van der Waals surface area contributed by atoms with E-state index in [0.717, 1.165) is 4.68 Å². The molecule has 0 unspecified atom stereocenters. The van der Waals surface area contributed by atoms with Gasteiger partial charge in [0.05, 0.1) is 23.6 Å². The third-order valence-corrected chi connectivity index (χ3v) is 3.42. The Morgan fingerprint density at radius 3 is 2.71 bits per heavy atom. The van der Waals surface area contributed by atoms with E-state index in [2.05, 4.69) is 5.10 Å². The number of hydrogen-bond acceptors (Lipinski definition) is 3. The smallest absolute Gasteiger partial charge is 0.283 e. The van der Waals surface area contributed by atoms with Crippen LogP contribution in [0.1, 0.15) is 10.4 Å². The molecule has 0 saturated carbocycles. The van der Waals surface area contributed by atoms with E-state index in [1.165, 1.54) is 13.2 Å². The van der Waals surface area contributed by atoms with Crippen LogP contribution in [0.5, 0.6) is 5.75 Å². The molecule has 3 rings (SSSR count). The Morgan fingerprint density at radius 2 is 2.00 bits per heavy atom. The van der Waals surface area contributed by atoms with Crippen LogP contribution in [-0.2, 0) is 0 Å². The second-order valence-electron chi connectivity index (χ2n) is 4.45. The molecule has 0 spiro atoms. The number of methoxy groups -OCH3 is 1. The molecule has 0 amide bonds. The molecule has 0 bridgehead atoms. The Balaban J connectivity index is 2.19. The number of hydrogen-bond donors (Lipinski definition) is 1. The molecule has 0 radical (unpaired) electrons. The predicted octanol–water partition coefficient (Wildman–Crippen LogP) is 2.68. The van der Waals surface area contributed by atoms with Crippen molar-refractivity contribution in [3.63, 3.8) is 0 Å². The number of halogens is 1. The molecule has 0 fully saturated rings. The van der Waals surface area contributed by atoms with Crippen molar-refractivity contribution in [1.29, 1.82) is 0 Å². The highest BCUT2D eigenvalue weighted by Crippen LogP contribution is 2.23. The van der Waals surface area contributed by atoms with Crippen molar-refractivity contribution in [3.8, 4) is 5.75 Å². The Hall–Kier alpha value is -2.53. The van der Waals surface area contributed by atoms with Gasteiger partial charge in [0.2, 0.25) is 0 Å². The van der Waals surface area contributed by atoms with Crippen LogP contribution in [0.4, 0.5) is 0 Å². The quantitative estimate of drug-likeness (QED) is 0.791. The number of aromatic nitrogens is 2. The Morgan fingerprint density at radius 1 is 1.24 bits per heavy atom. The molecule has 0 aliphatic carbocycles. The fourth-order valence-corrected chi connectivity index (χ4v) is 2.34. The number of fused-ring (bicyclic) bond motifs is 1. The zero-order valence-corrected chi connectivity index (χ0v) is 11.8. The van der Waals surface area contributed by atoms with Gasteiger partial charge in [0.1, 0.15) is 5.75 Å². The predicted molar refractivity (Wildman–Crippen MR) is 80.3 cm³/mol. The van der Waals surface area contributed by atoms with Gasteiger partial charge in [-0.1, -0.05) is 23.7 Å². The van der Waals surface area contributed by atoms with Crippen molar-refractivity contribution in [2.45, 2.75) is 0 Å². The van der Waals surface area contributed by atoms with Crippen molar-refractivity contribution >= 4 is 28.4 Å². The van der Waals surface area contributed by atoms with Crippen molar-refractivity contribution in [2.24, 2.45) is 0 Å². The number of ether oxygens (including phenoxy) is 1. The highest BCUT2D eigenvalue weighted by molar-refractivity contribution is 6.31.